The van der Waals surface area contributed by atoms with Crippen LogP contribution in [0.15, 0.2) is 12.3 Å². The Morgan fingerprint density at radius 2 is 2.16 bits per heavy atom. The Balaban J connectivity index is 1.74. The molecule has 0 spiro atoms. The summed E-state index contributed by atoms with van der Waals surface area (Å²) in [6, 6.07) is 3.04. The molecule has 0 saturated heterocycles. The minimum Gasteiger partial charge on any atom is -0.314 e. The second kappa shape index (κ2) is 4.93. The number of hydrogen-bond acceptors (Lipinski definition) is 2. The van der Waals surface area contributed by atoms with Crippen LogP contribution in [-0.4, -0.2) is 22.4 Å². The summed E-state index contributed by atoms with van der Waals surface area (Å²) < 4.78 is 2.08. The molecular formula is C16H27N3. The van der Waals surface area contributed by atoms with Gasteiger partial charge in [0.25, 0.3) is 0 Å². The second-order valence-electron chi connectivity index (χ2n) is 7.34. The van der Waals surface area contributed by atoms with Crippen molar-refractivity contribution in [1.82, 2.24) is 15.1 Å². The standard InChI is InChI=1S/C16H27N3/c1-16(2)8-6-12(11-17-13-4-5-13)14(10-16)15-7-9-18-19(15)3/h7,9,12-14,17H,4-6,8,10-11H2,1-3H3. The van der Waals surface area contributed by atoms with Gasteiger partial charge in [-0.2, -0.15) is 5.10 Å². The third-order valence-corrected chi connectivity index (χ3v) is 5.02. The van der Waals surface area contributed by atoms with Gasteiger partial charge in [-0.1, -0.05) is 13.8 Å². The molecule has 19 heavy (non-hydrogen) atoms. The summed E-state index contributed by atoms with van der Waals surface area (Å²) in [6.45, 7) is 6.03. The van der Waals surface area contributed by atoms with Crippen molar-refractivity contribution < 1.29 is 0 Å². The van der Waals surface area contributed by atoms with E-state index >= 15 is 0 Å². The molecule has 0 amide bonds. The number of aryl methyl sites for hydroxylation is 1. The highest BCUT2D eigenvalue weighted by Crippen LogP contribution is 2.46. The average molecular weight is 261 g/mol. The highest BCUT2D eigenvalue weighted by Gasteiger charge is 2.37. The van der Waals surface area contributed by atoms with E-state index < -0.39 is 0 Å². The van der Waals surface area contributed by atoms with Gasteiger partial charge in [-0.3, -0.25) is 4.68 Å². The fourth-order valence-electron chi connectivity index (χ4n) is 3.59. The summed E-state index contributed by atoms with van der Waals surface area (Å²) in [5, 5.41) is 8.11. The first-order valence-corrected chi connectivity index (χ1v) is 7.76. The molecule has 1 aromatic heterocycles. The van der Waals surface area contributed by atoms with E-state index in [0.29, 0.717) is 11.3 Å². The van der Waals surface area contributed by atoms with Crippen LogP contribution in [0.4, 0.5) is 0 Å². The monoisotopic (exact) mass is 261 g/mol. The van der Waals surface area contributed by atoms with Gasteiger partial charge >= 0.3 is 0 Å². The lowest BCUT2D eigenvalue weighted by Crippen LogP contribution is -2.36. The van der Waals surface area contributed by atoms with E-state index in [0.717, 1.165) is 12.0 Å². The Kier molecular flexibility index (Phi) is 3.42. The van der Waals surface area contributed by atoms with Crippen LogP contribution in [0.2, 0.25) is 0 Å². The van der Waals surface area contributed by atoms with Crippen LogP contribution < -0.4 is 5.32 Å². The maximum atomic E-state index is 4.38. The zero-order valence-corrected chi connectivity index (χ0v) is 12.5. The zero-order valence-electron chi connectivity index (χ0n) is 12.5. The smallest absolute Gasteiger partial charge is 0.0492 e. The van der Waals surface area contributed by atoms with Crippen LogP contribution >= 0.6 is 0 Å². The van der Waals surface area contributed by atoms with Crippen molar-refractivity contribution in [2.24, 2.45) is 18.4 Å². The van der Waals surface area contributed by atoms with E-state index in [2.05, 4.69) is 42.1 Å². The number of aromatic nitrogens is 2. The minimum absolute atomic E-state index is 0.477. The summed E-state index contributed by atoms with van der Waals surface area (Å²) >= 11 is 0. The van der Waals surface area contributed by atoms with Crippen LogP contribution in [0, 0.1) is 11.3 Å². The topological polar surface area (TPSA) is 29.9 Å². The molecule has 2 unspecified atom stereocenters. The van der Waals surface area contributed by atoms with Gasteiger partial charge in [0.2, 0.25) is 0 Å². The maximum absolute atomic E-state index is 4.38. The van der Waals surface area contributed by atoms with Crippen LogP contribution in [0.25, 0.3) is 0 Å². The summed E-state index contributed by atoms with van der Waals surface area (Å²) in [5.41, 5.74) is 1.90. The number of nitrogens with zero attached hydrogens (tertiary/aromatic N) is 2. The quantitative estimate of drug-likeness (QED) is 0.902. The van der Waals surface area contributed by atoms with Crippen molar-refractivity contribution in [2.45, 2.75) is 57.9 Å². The molecule has 3 heteroatoms. The molecule has 0 radical (unpaired) electrons. The van der Waals surface area contributed by atoms with E-state index in [1.54, 1.807) is 0 Å². The number of hydrogen-bond donors (Lipinski definition) is 1. The third kappa shape index (κ3) is 3.02. The van der Waals surface area contributed by atoms with Crippen molar-refractivity contribution in [3.63, 3.8) is 0 Å². The molecule has 1 aromatic rings. The summed E-state index contributed by atoms with van der Waals surface area (Å²) in [4.78, 5) is 0. The highest BCUT2D eigenvalue weighted by atomic mass is 15.3. The van der Waals surface area contributed by atoms with Gasteiger partial charge in [0.1, 0.15) is 0 Å². The SMILES string of the molecule is Cn1nccc1C1CC(C)(C)CCC1CNC1CC1. The fourth-order valence-corrected chi connectivity index (χ4v) is 3.59. The summed E-state index contributed by atoms with van der Waals surface area (Å²) in [6.07, 6.45) is 8.72. The molecule has 2 atom stereocenters. The Bertz CT molecular complexity index is 429. The second-order valence-corrected chi connectivity index (χ2v) is 7.34. The Morgan fingerprint density at radius 3 is 2.79 bits per heavy atom. The zero-order chi connectivity index (χ0) is 13.5. The molecule has 3 rings (SSSR count). The van der Waals surface area contributed by atoms with Gasteiger partial charge < -0.3 is 5.32 Å². The van der Waals surface area contributed by atoms with Crippen LogP contribution in [0.3, 0.4) is 0 Å². The molecule has 3 nitrogen and oxygen atoms in total. The molecule has 2 fully saturated rings. The van der Waals surface area contributed by atoms with Gasteiger partial charge in [-0.15, -0.1) is 0 Å². The molecule has 0 aliphatic heterocycles. The van der Waals surface area contributed by atoms with E-state index in [1.807, 2.05) is 6.20 Å². The predicted molar refractivity (Wildman–Crippen MR) is 78.1 cm³/mol. The van der Waals surface area contributed by atoms with Gasteiger partial charge in [-0.25, -0.2) is 0 Å². The summed E-state index contributed by atoms with van der Waals surface area (Å²) in [5.74, 6) is 1.45. The minimum atomic E-state index is 0.477. The predicted octanol–water partition coefficient (Wildman–Crippen LogP) is 3.08. The Labute approximate surface area is 116 Å². The van der Waals surface area contributed by atoms with Crippen LogP contribution in [-0.2, 0) is 7.05 Å². The largest absolute Gasteiger partial charge is 0.314 e. The van der Waals surface area contributed by atoms with E-state index in [1.165, 1.54) is 44.3 Å². The first-order chi connectivity index (χ1) is 9.05. The molecular weight excluding hydrogens is 234 g/mol. The Hall–Kier alpha value is -0.830. The normalized spacial score (nSPS) is 30.5. The molecule has 0 aromatic carbocycles. The number of nitrogens with one attached hydrogen (secondary N) is 1. The van der Waals surface area contributed by atoms with Gasteiger partial charge in [0.05, 0.1) is 0 Å². The Morgan fingerprint density at radius 1 is 1.37 bits per heavy atom. The van der Waals surface area contributed by atoms with Crippen molar-refractivity contribution in [1.29, 1.82) is 0 Å². The molecule has 1 N–H and O–H groups in total. The molecule has 2 saturated carbocycles. The number of rotatable bonds is 4. The van der Waals surface area contributed by atoms with Crippen molar-refractivity contribution >= 4 is 0 Å². The third-order valence-electron chi connectivity index (χ3n) is 5.02. The van der Waals surface area contributed by atoms with Crippen molar-refractivity contribution in [3.05, 3.63) is 18.0 Å². The van der Waals surface area contributed by atoms with Crippen molar-refractivity contribution in [2.75, 3.05) is 6.54 Å². The average Bonchev–Trinajstić information content (AvgIpc) is 3.08. The maximum Gasteiger partial charge on any atom is 0.0492 e. The molecule has 1 heterocycles. The van der Waals surface area contributed by atoms with E-state index in [-0.39, 0.29) is 0 Å². The van der Waals surface area contributed by atoms with Gasteiger partial charge in [-0.05, 0) is 56.0 Å². The van der Waals surface area contributed by atoms with Crippen molar-refractivity contribution in [3.8, 4) is 0 Å². The van der Waals surface area contributed by atoms with Crippen LogP contribution in [0.1, 0.15) is 57.6 Å². The first kappa shape index (κ1) is 13.2. The lowest BCUT2D eigenvalue weighted by Gasteiger charge is -2.41. The lowest BCUT2D eigenvalue weighted by atomic mass is 9.66. The van der Waals surface area contributed by atoms with Gasteiger partial charge in [0, 0.05) is 30.9 Å². The van der Waals surface area contributed by atoms with Gasteiger partial charge in [0.15, 0.2) is 0 Å². The van der Waals surface area contributed by atoms with E-state index in [4.69, 9.17) is 0 Å². The molecule has 106 valence electrons. The fraction of sp³-hybridized carbons (Fsp3) is 0.812. The first-order valence-electron chi connectivity index (χ1n) is 7.76. The lowest BCUT2D eigenvalue weighted by molar-refractivity contribution is 0.155. The molecule has 2 aliphatic carbocycles. The molecule has 0 bridgehead atoms. The van der Waals surface area contributed by atoms with E-state index in [9.17, 15) is 0 Å². The van der Waals surface area contributed by atoms with Crippen LogP contribution in [0.5, 0.6) is 0 Å². The highest BCUT2D eigenvalue weighted by molar-refractivity contribution is 5.12. The molecule has 2 aliphatic rings. The summed E-state index contributed by atoms with van der Waals surface area (Å²) in [7, 11) is 2.09.